The maximum Gasteiger partial charge on any atom is 0.255 e. The summed E-state index contributed by atoms with van der Waals surface area (Å²) < 4.78 is 10.5. The summed E-state index contributed by atoms with van der Waals surface area (Å²) in [7, 11) is 1.51. The van der Waals surface area contributed by atoms with Gasteiger partial charge in [-0.3, -0.25) is 10.2 Å². The van der Waals surface area contributed by atoms with Crippen LogP contribution in [0.4, 0.5) is 0 Å². The molecular weight excluding hydrogens is 352 g/mol. The van der Waals surface area contributed by atoms with Gasteiger partial charge in [0.2, 0.25) is 0 Å². The van der Waals surface area contributed by atoms with Crippen molar-refractivity contribution in [3.05, 3.63) is 59.7 Å². The summed E-state index contributed by atoms with van der Waals surface area (Å²) in [5, 5.41) is 7.56. The molecule has 0 aliphatic rings. The van der Waals surface area contributed by atoms with Crippen molar-refractivity contribution in [1.29, 1.82) is 0 Å². The summed E-state index contributed by atoms with van der Waals surface area (Å²) in [4.78, 5) is 10.8. The van der Waals surface area contributed by atoms with E-state index in [1.165, 1.54) is 7.11 Å². The minimum absolute atomic E-state index is 0.216. The molecule has 0 unspecified atom stereocenters. The van der Waals surface area contributed by atoms with E-state index in [9.17, 15) is 4.79 Å². The van der Waals surface area contributed by atoms with Crippen LogP contribution in [0, 0.1) is 0 Å². The lowest BCUT2D eigenvalue weighted by atomic mass is 10.2. The molecule has 0 heterocycles. The first-order valence-corrected chi connectivity index (χ1v) is 8.19. The van der Waals surface area contributed by atoms with Crippen molar-refractivity contribution in [3.8, 4) is 11.5 Å². The Bertz CT molecular complexity index is 781. The second-order valence-electron chi connectivity index (χ2n) is 5.20. The van der Waals surface area contributed by atoms with Gasteiger partial charge in [-0.15, -0.1) is 0 Å². The number of methoxy groups -OCH3 is 1. The van der Waals surface area contributed by atoms with Crippen molar-refractivity contribution in [2.24, 2.45) is 10.8 Å². The van der Waals surface area contributed by atoms with Gasteiger partial charge in [-0.2, -0.15) is 5.10 Å². The van der Waals surface area contributed by atoms with Crippen molar-refractivity contribution in [1.82, 2.24) is 10.7 Å². The third-order valence-corrected chi connectivity index (χ3v) is 3.47. The van der Waals surface area contributed by atoms with Gasteiger partial charge in [0.15, 0.2) is 23.2 Å². The van der Waals surface area contributed by atoms with Crippen LogP contribution < -0.4 is 25.9 Å². The standard InChI is InChI=1S/C18H20N4O3S/c1-24-16-9-14(7-8-15(16)25-12-17(19)23)11-21-22-18(26)20-10-13-5-3-2-4-6-13/h2-9,11H,10,12H2,1H3,(H2,19,23)(H2,20,22,26)/b21-11+. The molecule has 0 saturated heterocycles. The summed E-state index contributed by atoms with van der Waals surface area (Å²) >= 11 is 5.17. The monoisotopic (exact) mass is 372 g/mol. The number of nitrogens with two attached hydrogens (primary N) is 1. The van der Waals surface area contributed by atoms with Gasteiger partial charge in [0.1, 0.15) is 0 Å². The van der Waals surface area contributed by atoms with E-state index in [2.05, 4.69) is 15.8 Å². The minimum atomic E-state index is -0.557. The fourth-order valence-corrected chi connectivity index (χ4v) is 2.14. The number of primary amides is 1. The number of rotatable bonds is 8. The van der Waals surface area contributed by atoms with E-state index >= 15 is 0 Å². The number of hydrogen-bond donors (Lipinski definition) is 3. The smallest absolute Gasteiger partial charge is 0.255 e. The number of nitrogens with zero attached hydrogens (tertiary/aromatic N) is 1. The molecule has 0 radical (unpaired) electrons. The molecule has 4 N–H and O–H groups in total. The Morgan fingerprint density at radius 3 is 2.69 bits per heavy atom. The topological polar surface area (TPSA) is 98.0 Å². The third kappa shape index (κ3) is 6.40. The molecule has 7 nitrogen and oxygen atoms in total. The van der Waals surface area contributed by atoms with Crippen molar-refractivity contribution in [3.63, 3.8) is 0 Å². The molecule has 2 aromatic rings. The molecule has 0 atom stereocenters. The normalized spacial score (nSPS) is 10.3. The van der Waals surface area contributed by atoms with E-state index < -0.39 is 5.91 Å². The number of carbonyl (C=O) groups is 1. The molecule has 0 aliphatic carbocycles. The molecule has 136 valence electrons. The Kier molecular flexibility index (Phi) is 7.38. The average Bonchev–Trinajstić information content (AvgIpc) is 2.66. The van der Waals surface area contributed by atoms with Crippen LogP contribution in [0.15, 0.2) is 53.6 Å². The van der Waals surface area contributed by atoms with Gasteiger partial charge in [0.25, 0.3) is 5.91 Å². The highest BCUT2D eigenvalue weighted by Gasteiger charge is 2.06. The molecule has 8 heteroatoms. The number of carbonyl (C=O) groups excluding carboxylic acids is 1. The maximum absolute atomic E-state index is 10.8. The fourth-order valence-electron chi connectivity index (χ4n) is 2.02. The number of thiocarbonyl (C=S) groups is 1. The van der Waals surface area contributed by atoms with Crippen molar-refractivity contribution in [2.75, 3.05) is 13.7 Å². The quantitative estimate of drug-likeness (QED) is 0.370. The van der Waals surface area contributed by atoms with Crippen LogP contribution in [-0.4, -0.2) is 31.0 Å². The third-order valence-electron chi connectivity index (χ3n) is 3.23. The van der Waals surface area contributed by atoms with Gasteiger partial charge in [-0.25, -0.2) is 0 Å². The number of hydrazone groups is 1. The van der Waals surface area contributed by atoms with Crippen LogP contribution in [-0.2, 0) is 11.3 Å². The van der Waals surface area contributed by atoms with Gasteiger partial charge in [-0.1, -0.05) is 30.3 Å². The molecule has 0 spiro atoms. The van der Waals surface area contributed by atoms with Crippen LogP contribution in [0.5, 0.6) is 11.5 Å². The number of hydrogen-bond acceptors (Lipinski definition) is 5. The highest BCUT2D eigenvalue weighted by Crippen LogP contribution is 2.27. The molecule has 0 bridgehead atoms. The molecule has 1 amide bonds. The van der Waals surface area contributed by atoms with Crippen LogP contribution >= 0.6 is 12.2 Å². The molecule has 0 saturated carbocycles. The summed E-state index contributed by atoms with van der Waals surface area (Å²) in [6.07, 6.45) is 1.59. The second-order valence-corrected chi connectivity index (χ2v) is 5.61. The summed E-state index contributed by atoms with van der Waals surface area (Å²) in [5.41, 5.74) is 9.71. The summed E-state index contributed by atoms with van der Waals surface area (Å²) in [6, 6.07) is 15.1. The highest BCUT2D eigenvalue weighted by atomic mass is 32.1. The molecule has 0 aromatic heterocycles. The molecule has 2 aromatic carbocycles. The predicted octanol–water partition coefficient (Wildman–Crippen LogP) is 1.56. The first kappa shape index (κ1) is 19.2. The van der Waals surface area contributed by atoms with Crippen molar-refractivity contribution < 1.29 is 14.3 Å². The Morgan fingerprint density at radius 2 is 2.00 bits per heavy atom. The zero-order valence-corrected chi connectivity index (χ0v) is 15.1. The van der Waals surface area contributed by atoms with Crippen LogP contribution in [0.3, 0.4) is 0 Å². The Labute approximate surface area is 157 Å². The van der Waals surface area contributed by atoms with Crippen molar-refractivity contribution in [2.45, 2.75) is 6.54 Å². The van der Waals surface area contributed by atoms with Crippen molar-refractivity contribution >= 4 is 29.5 Å². The maximum atomic E-state index is 10.8. The van der Waals surface area contributed by atoms with Crippen LogP contribution in [0.2, 0.25) is 0 Å². The number of benzene rings is 2. The van der Waals surface area contributed by atoms with Gasteiger partial charge in [0, 0.05) is 6.54 Å². The Hall–Kier alpha value is -3.13. The highest BCUT2D eigenvalue weighted by molar-refractivity contribution is 7.80. The fraction of sp³-hybridized carbons (Fsp3) is 0.167. The number of nitrogens with one attached hydrogen (secondary N) is 2. The van der Waals surface area contributed by atoms with E-state index in [1.54, 1.807) is 24.4 Å². The molecule has 0 aliphatic heterocycles. The first-order valence-electron chi connectivity index (χ1n) is 7.78. The largest absolute Gasteiger partial charge is 0.493 e. The van der Waals surface area contributed by atoms with Crippen LogP contribution in [0.25, 0.3) is 0 Å². The van der Waals surface area contributed by atoms with E-state index in [0.717, 1.165) is 11.1 Å². The number of amides is 1. The predicted molar refractivity (Wildman–Crippen MR) is 104 cm³/mol. The zero-order chi connectivity index (χ0) is 18.8. The Balaban J connectivity index is 1.86. The zero-order valence-electron chi connectivity index (χ0n) is 14.3. The lowest BCUT2D eigenvalue weighted by Gasteiger charge is -2.10. The van der Waals surface area contributed by atoms with Crippen LogP contribution in [0.1, 0.15) is 11.1 Å². The van der Waals surface area contributed by atoms with E-state index in [4.69, 9.17) is 27.4 Å². The van der Waals surface area contributed by atoms with E-state index in [1.807, 2.05) is 30.3 Å². The van der Waals surface area contributed by atoms with Gasteiger partial charge in [-0.05, 0) is 41.5 Å². The average molecular weight is 372 g/mol. The summed E-state index contributed by atoms with van der Waals surface area (Å²) in [5.74, 6) is 0.342. The lowest BCUT2D eigenvalue weighted by molar-refractivity contribution is -0.119. The van der Waals surface area contributed by atoms with E-state index in [0.29, 0.717) is 23.2 Å². The molecule has 2 rings (SSSR count). The molecule has 26 heavy (non-hydrogen) atoms. The lowest BCUT2D eigenvalue weighted by Crippen LogP contribution is -2.31. The minimum Gasteiger partial charge on any atom is -0.493 e. The van der Waals surface area contributed by atoms with Gasteiger partial charge in [0.05, 0.1) is 13.3 Å². The molecular formula is C18H20N4O3S. The van der Waals surface area contributed by atoms with E-state index in [-0.39, 0.29) is 6.61 Å². The number of ether oxygens (including phenoxy) is 2. The SMILES string of the molecule is COc1cc(/C=N/NC(=S)NCc2ccccc2)ccc1OCC(N)=O. The van der Waals surface area contributed by atoms with Gasteiger partial charge < -0.3 is 20.5 Å². The summed E-state index contributed by atoms with van der Waals surface area (Å²) in [6.45, 7) is 0.397. The second kappa shape index (κ2) is 10.00. The Morgan fingerprint density at radius 1 is 1.23 bits per heavy atom. The first-order chi connectivity index (χ1) is 12.6. The van der Waals surface area contributed by atoms with Gasteiger partial charge >= 0.3 is 0 Å². The molecule has 0 fully saturated rings.